The molecule has 2 heterocycles. The highest BCUT2D eigenvalue weighted by Crippen LogP contribution is 2.21. The van der Waals surface area contributed by atoms with E-state index >= 15 is 0 Å². The molecular formula is C24H26N4O4. The summed E-state index contributed by atoms with van der Waals surface area (Å²) in [7, 11) is 1.53. The van der Waals surface area contributed by atoms with E-state index in [2.05, 4.69) is 27.1 Å². The Kier molecular flexibility index (Phi) is 6.51. The number of carboxylic acids is 1. The molecule has 1 aliphatic rings. The molecule has 4 rings (SSSR count). The second kappa shape index (κ2) is 9.65. The molecule has 0 atom stereocenters. The van der Waals surface area contributed by atoms with E-state index in [1.807, 2.05) is 24.3 Å². The molecule has 8 nitrogen and oxygen atoms in total. The van der Waals surface area contributed by atoms with Gasteiger partial charge in [0, 0.05) is 26.2 Å². The van der Waals surface area contributed by atoms with Crippen LogP contribution in [0.5, 0.6) is 5.75 Å². The average molecular weight is 434 g/mol. The number of aliphatic carboxylic acids is 1. The number of methoxy groups -OCH3 is 1. The van der Waals surface area contributed by atoms with E-state index in [1.54, 1.807) is 18.2 Å². The lowest BCUT2D eigenvalue weighted by Gasteiger charge is -2.20. The lowest BCUT2D eigenvalue weighted by atomic mass is 10.1. The minimum absolute atomic E-state index is 0.301. The number of carbonyl (C=O) groups is 1. The van der Waals surface area contributed by atoms with Gasteiger partial charge in [-0.25, -0.2) is 4.68 Å². The number of nitrogens with one attached hydrogen (secondary N) is 1. The van der Waals surface area contributed by atoms with E-state index in [0.717, 1.165) is 19.5 Å². The summed E-state index contributed by atoms with van der Waals surface area (Å²) in [6.07, 6.45) is 0.570. The van der Waals surface area contributed by atoms with E-state index < -0.39 is 5.97 Å². The highest BCUT2D eigenvalue weighted by molar-refractivity contribution is 6.03. The van der Waals surface area contributed by atoms with Gasteiger partial charge >= 0.3 is 5.97 Å². The van der Waals surface area contributed by atoms with Crippen LogP contribution < -0.4 is 10.3 Å². The highest BCUT2D eigenvalue weighted by Gasteiger charge is 2.25. The largest absolute Gasteiger partial charge is 0.494 e. The molecule has 0 amide bonds. The van der Waals surface area contributed by atoms with Gasteiger partial charge in [0.2, 0.25) is 0 Å². The van der Waals surface area contributed by atoms with Crippen LogP contribution in [-0.4, -0.2) is 58.2 Å². The van der Waals surface area contributed by atoms with E-state index in [9.17, 15) is 14.7 Å². The van der Waals surface area contributed by atoms with Crippen molar-refractivity contribution in [3.8, 4) is 11.4 Å². The maximum absolute atomic E-state index is 13.5. The summed E-state index contributed by atoms with van der Waals surface area (Å²) in [4.78, 5) is 32.0. The number of aromatic nitrogens is 2. The van der Waals surface area contributed by atoms with Gasteiger partial charge in [0.1, 0.15) is 11.4 Å². The smallest absolute Gasteiger partial charge is 0.309 e. The summed E-state index contributed by atoms with van der Waals surface area (Å²) >= 11 is 0. The molecule has 0 aliphatic carbocycles. The van der Waals surface area contributed by atoms with Crippen LogP contribution in [0.25, 0.3) is 5.69 Å². The molecule has 8 heteroatoms. The van der Waals surface area contributed by atoms with Gasteiger partial charge in [0.05, 0.1) is 30.5 Å². The van der Waals surface area contributed by atoms with Crippen LogP contribution in [-0.2, 0) is 17.8 Å². The molecule has 0 unspecified atom stereocenters. The third-order valence-electron chi connectivity index (χ3n) is 5.47. The summed E-state index contributed by atoms with van der Waals surface area (Å²) < 4.78 is 6.75. The van der Waals surface area contributed by atoms with Crippen LogP contribution >= 0.6 is 0 Å². The van der Waals surface area contributed by atoms with Gasteiger partial charge in [-0.3, -0.25) is 24.6 Å². The Balaban J connectivity index is 1.74. The van der Waals surface area contributed by atoms with E-state index in [4.69, 9.17) is 4.74 Å². The number of aromatic amines is 1. The topological polar surface area (TPSA) is 99.9 Å². The fourth-order valence-electron chi connectivity index (χ4n) is 4.03. The molecule has 1 aliphatic heterocycles. The predicted molar refractivity (Wildman–Crippen MR) is 122 cm³/mol. The molecule has 0 radical (unpaired) electrons. The van der Waals surface area contributed by atoms with Crippen molar-refractivity contribution in [3.63, 3.8) is 0 Å². The number of para-hydroxylation sites is 2. The van der Waals surface area contributed by atoms with Crippen LogP contribution in [0.15, 0.2) is 64.4 Å². The van der Waals surface area contributed by atoms with Gasteiger partial charge in [-0.2, -0.15) is 0 Å². The van der Waals surface area contributed by atoms with Crippen LogP contribution in [0.3, 0.4) is 0 Å². The molecule has 0 bridgehead atoms. The van der Waals surface area contributed by atoms with E-state index in [-0.39, 0.29) is 12.0 Å². The zero-order valence-electron chi connectivity index (χ0n) is 18.0. The third-order valence-corrected chi connectivity index (χ3v) is 5.47. The first-order valence-electron chi connectivity index (χ1n) is 10.6. The summed E-state index contributed by atoms with van der Waals surface area (Å²) in [6.45, 7) is 2.65. The Labute approximate surface area is 185 Å². The molecule has 0 spiro atoms. The summed E-state index contributed by atoms with van der Waals surface area (Å²) in [6, 6.07) is 17.3. The van der Waals surface area contributed by atoms with Crippen LogP contribution in [0.2, 0.25) is 0 Å². The highest BCUT2D eigenvalue weighted by atomic mass is 16.5. The van der Waals surface area contributed by atoms with Crippen molar-refractivity contribution in [2.24, 2.45) is 4.99 Å². The number of rotatable bonds is 7. The molecule has 32 heavy (non-hydrogen) atoms. The van der Waals surface area contributed by atoms with Crippen molar-refractivity contribution in [1.29, 1.82) is 0 Å². The standard InChI is InChI=1S/C24H26N4O4/c1-32-21-11-6-5-10-20(21)28-24(31)23(18(26-28)14-22(29)30)19-16-27(13-7-12-25-19)15-17-8-3-2-4-9-17/h2-6,8-11,26H,7,12-16H2,1H3,(H,29,30). The number of benzene rings is 2. The molecule has 0 saturated heterocycles. The second-order valence-electron chi connectivity index (χ2n) is 7.73. The van der Waals surface area contributed by atoms with Gasteiger partial charge in [0.15, 0.2) is 0 Å². The Morgan fingerprint density at radius 2 is 1.91 bits per heavy atom. The fraction of sp³-hybridized carbons (Fsp3) is 0.292. The lowest BCUT2D eigenvalue weighted by Crippen LogP contribution is -2.32. The van der Waals surface area contributed by atoms with Crippen LogP contribution in [0.4, 0.5) is 0 Å². The molecule has 0 saturated carbocycles. The molecule has 166 valence electrons. The van der Waals surface area contributed by atoms with Gasteiger partial charge in [-0.1, -0.05) is 42.5 Å². The van der Waals surface area contributed by atoms with Gasteiger partial charge < -0.3 is 9.84 Å². The summed E-state index contributed by atoms with van der Waals surface area (Å²) in [5.74, 6) is -0.507. The Morgan fingerprint density at radius 1 is 1.16 bits per heavy atom. The lowest BCUT2D eigenvalue weighted by molar-refractivity contribution is -0.136. The quantitative estimate of drug-likeness (QED) is 0.595. The Hall–Kier alpha value is -3.65. The first-order valence-corrected chi connectivity index (χ1v) is 10.6. The number of hydrogen-bond donors (Lipinski definition) is 2. The molecule has 2 N–H and O–H groups in total. The minimum atomic E-state index is -1.02. The number of ether oxygens (including phenoxy) is 1. The molecule has 2 aromatic carbocycles. The number of carboxylic acid groups (broad SMARTS) is 1. The molecule has 0 fully saturated rings. The van der Waals surface area contributed by atoms with Gasteiger partial charge in [0.25, 0.3) is 5.56 Å². The minimum Gasteiger partial charge on any atom is -0.494 e. The summed E-state index contributed by atoms with van der Waals surface area (Å²) in [5, 5.41) is 12.5. The normalized spacial score (nSPS) is 14.6. The Bertz CT molecular complexity index is 1180. The van der Waals surface area contributed by atoms with Crippen molar-refractivity contribution in [1.82, 2.24) is 14.7 Å². The molecular weight excluding hydrogens is 408 g/mol. The molecule has 3 aromatic rings. The van der Waals surface area contributed by atoms with Crippen molar-refractivity contribution in [3.05, 3.63) is 81.8 Å². The number of aliphatic imine (C=N–C) groups is 1. The summed E-state index contributed by atoms with van der Waals surface area (Å²) in [5.41, 5.74) is 2.66. The monoisotopic (exact) mass is 434 g/mol. The van der Waals surface area contributed by atoms with Gasteiger partial charge in [-0.15, -0.1) is 0 Å². The van der Waals surface area contributed by atoms with Crippen LogP contribution in [0.1, 0.15) is 23.2 Å². The maximum atomic E-state index is 13.5. The SMILES string of the molecule is COc1ccccc1-n1[nH]c(CC(=O)O)c(C2=NCCCN(Cc3ccccc3)C2)c1=O. The average Bonchev–Trinajstić information content (AvgIpc) is 2.95. The van der Waals surface area contributed by atoms with Crippen molar-refractivity contribution in [2.75, 3.05) is 26.7 Å². The van der Waals surface area contributed by atoms with Crippen molar-refractivity contribution < 1.29 is 14.6 Å². The zero-order chi connectivity index (χ0) is 22.5. The first kappa shape index (κ1) is 21.6. The van der Waals surface area contributed by atoms with Crippen molar-refractivity contribution in [2.45, 2.75) is 19.4 Å². The fourth-order valence-corrected chi connectivity index (χ4v) is 4.03. The zero-order valence-corrected chi connectivity index (χ0v) is 18.0. The number of hydrogen-bond acceptors (Lipinski definition) is 5. The first-order chi connectivity index (χ1) is 15.6. The number of nitrogens with zero attached hydrogens (tertiary/aromatic N) is 3. The van der Waals surface area contributed by atoms with Crippen LogP contribution in [0, 0.1) is 0 Å². The maximum Gasteiger partial charge on any atom is 0.309 e. The van der Waals surface area contributed by atoms with Crippen molar-refractivity contribution >= 4 is 11.7 Å². The van der Waals surface area contributed by atoms with E-state index in [0.29, 0.717) is 41.5 Å². The van der Waals surface area contributed by atoms with E-state index in [1.165, 1.54) is 17.4 Å². The molecule has 1 aromatic heterocycles. The number of H-pyrrole nitrogens is 1. The second-order valence-corrected chi connectivity index (χ2v) is 7.73. The third kappa shape index (κ3) is 4.65. The predicted octanol–water partition coefficient (Wildman–Crippen LogP) is 2.50. The Morgan fingerprint density at radius 3 is 2.66 bits per heavy atom. The van der Waals surface area contributed by atoms with Gasteiger partial charge in [-0.05, 0) is 24.1 Å².